The van der Waals surface area contributed by atoms with Crippen molar-refractivity contribution in [1.29, 1.82) is 0 Å². The maximum atomic E-state index is 13.2. The van der Waals surface area contributed by atoms with Crippen LogP contribution in [0, 0.1) is 11.6 Å². The van der Waals surface area contributed by atoms with E-state index in [0.717, 1.165) is 30.3 Å². The Morgan fingerprint density at radius 1 is 1.04 bits per heavy atom. The van der Waals surface area contributed by atoms with Crippen molar-refractivity contribution in [2.75, 3.05) is 0 Å². The monoisotopic (exact) mass is 387 g/mol. The molecule has 2 rings (SSSR count). The number of rotatable bonds is 6. The van der Waals surface area contributed by atoms with Gasteiger partial charge in [0, 0.05) is 6.42 Å². The Labute approximate surface area is 150 Å². The van der Waals surface area contributed by atoms with Gasteiger partial charge in [-0.05, 0) is 29.3 Å². The third-order valence-corrected chi connectivity index (χ3v) is 3.73. The van der Waals surface area contributed by atoms with E-state index in [1.807, 2.05) is 0 Å². The minimum absolute atomic E-state index is 0.0891. The van der Waals surface area contributed by atoms with Crippen LogP contribution in [0.25, 0.3) is 0 Å². The lowest BCUT2D eigenvalue weighted by molar-refractivity contribution is -0.142. The summed E-state index contributed by atoms with van der Waals surface area (Å²) in [6.45, 7) is 0. The molecule has 0 unspecified atom stereocenters. The second-order valence-corrected chi connectivity index (χ2v) is 5.74. The van der Waals surface area contributed by atoms with Gasteiger partial charge in [-0.1, -0.05) is 24.3 Å². The van der Waals surface area contributed by atoms with Crippen molar-refractivity contribution in [1.82, 2.24) is 5.32 Å². The Morgan fingerprint density at radius 3 is 2.30 bits per heavy atom. The maximum absolute atomic E-state index is 13.2. The van der Waals surface area contributed by atoms with Gasteiger partial charge in [-0.2, -0.15) is 13.2 Å². The quantitative estimate of drug-likeness (QED) is 0.748. The van der Waals surface area contributed by atoms with Crippen molar-refractivity contribution in [2.45, 2.75) is 25.1 Å². The molecule has 2 N–H and O–H groups in total. The van der Waals surface area contributed by atoms with Gasteiger partial charge in [-0.25, -0.2) is 13.6 Å². The predicted octanol–water partition coefficient (Wildman–Crippen LogP) is 3.34. The van der Waals surface area contributed by atoms with Crippen molar-refractivity contribution in [3.8, 4) is 0 Å². The number of benzene rings is 2. The number of alkyl halides is 3. The van der Waals surface area contributed by atoms with E-state index in [2.05, 4.69) is 5.32 Å². The van der Waals surface area contributed by atoms with Gasteiger partial charge in [0.1, 0.15) is 6.04 Å². The molecule has 2 aromatic carbocycles. The minimum Gasteiger partial charge on any atom is -0.480 e. The molecule has 9 heteroatoms. The predicted molar refractivity (Wildman–Crippen MR) is 84.8 cm³/mol. The number of carbonyl (C=O) groups is 2. The third-order valence-electron chi connectivity index (χ3n) is 3.73. The van der Waals surface area contributed by atoms with E-state index in [1.165, 1.54) is 12.1 Å². The molecule has 1 amide bonds. The Kier molecular flexibility index (Phi) is 6.14. The summed E-state index contributed by atoms with van der Waals surface area (Å²) in [6, 6.07) is 5.56. The smallest absolute Gasteiger partial charge is 0.416 e. The normalized spacial score (nSPS) is 12.5. The molecule has 0 radical (unpaired) electrons. The molecule has 0 aliphatic carbocycles. The van der Waals surface area contributed by atoms with E-state index in [-0.39, 0.29) is 11.1 Å². The molecule has 0 saturated carbocycles. The number of carboxylic acid groups (broad SMARTS) is 1. The number of carboxylic acids is 1. The van der Waals surface area contributed by atoms with Gasteiger partial charge in [0.2, 0.25) is 5.91 Å². The molecule has 0 spiro atoms. The summed E-state index contributed by atoms with van der Waals surface area (Å²) in [5.41, 5.74) is -1.19. The van der Waals surface area contributed by atoms with Crippen molar-refractivity contribution in [3.63, 3.8) is 0 Å². The summed E-state index contributed by atoms with van der Waals surface area (Å²) in [6.07, 6.45) is -5.72. The standard InChI is InChI=1S/C18H14F5NO3/c19-13-6-5-10(7-14(13)20)8-16(25)24-15(17(26)27)9-11-3-1-2-4-12(11)18(21,22)23/h1-7,15H,8-9H2,(H,24,25)(H,26,27)/t15-/m0/s1. The molecule has 0 saturated heterocycles. The van der Waals surface area contributed by atoms with E-state index >= 15 is 0 Å². The first kappa shape index (κ1) is 20.3. The molecule has 0 heterocycles. The van der Waals surface area contributed by atoms with Crippen molar-refractivity contribution >= 4 is 11.9 Å². The molecule has 0 aromatic heterocycles. The average molecular weight is 387 g/mol. The van der Waals surface area contributed by atoms with Crippen LogP contribution < -0.4 is 5.32 Å². The molecule has 2 aromatic rings. The summed E-state index contributed by atoms with van der Waals surface area (Å²) in [7, 11) is 0. The SMILES string of the molecule is O=C(Cc1ccc(F)c(F)c1)N[C@@H](Cc1ccccc1C(F)(F)F)C(=O)O. The fraction of sp³-hybridized carbons (Fsp3) is 0.222. The topological polar surface area (TPSA) is 66.4 Å². The van der Waals surface area contributed by atoms with Gasteiger partial charge < -0.3 is 10.4 Å². The molecular formula is C18H14F5NO3. The zero-order chi connectivity index (χ0) is 20.2. The number of hydrogen-bond acceptors (Lipinski definition) is 2. The lowest BCUT2D eigenvalue weighted by atomic mass is 9.99. The van der Waals surface area contributed by atoms with E-state index in [9.17, 15) is 36.6 Å². The zero-order valence-corrected chi connectivity index (χ0v) is 13.7. The highest BCUT2D eigenvalue weighted by Crippen LogP contribution is 2.32. The van der Waals surface area contributed by atoms with Crippen LogP contribution in [0.5, 0.6) is 0 Å². The lowest BCUT2D eigenvalue weighted by Gasteiger charge is -2.18. The molecule has 0 bridgehead atoms. The van der Waals surface area contributed by atoms with Crippen LogP contribution in [0.2, 0.25) is 0 Å². The Bertz CT molecular complexity index is 851. The molecular weight excluding hydrogens is 373 g/mol. The number of hydrogen-bond donors (Lipinski definition) is 2. The summed E-state index contributed by atoms with van der Waals surface area (Å²) in [5, 5.41) is 11.3. The van der Waals surface area contributed by atoms with Crippen LogP contribution in [0.1, 0.15) is 16.7 Å². The highest BCUT2D eigenvalue weighted by atomic mass is 19.4. The Balaban J connectivity index is 2.13. The largest absolute Gasteiger partial charge is 0.480 e. The Hall–Kier alpha value is -2.97. The molecule has 0 aliphatic heterocycles. The minimum atomic E-state index is -4.67. The van der Waals surface area contributed by atoms with E-state index in [4.69, 9.17) is 0 Å². The first-order valence-corrected chi connectivity index (χ1v) is 7.69. The first-order chi connectivity index (χ1) is 12.6. The highest BCUT2D eigenvalue weighted by Gasteiger charge is 2.34. The fourth-order valence-corrected chi connectivity index (χ4v) is 2.48. The molecule has 144 valence electrons. The van der Waals surface area contributed by atoms with Crippen molar-refractivity contribution in [2.24, 2.45) is 0 Å². The van der Waals surface area contributed by atoms with Gasteiger partial charge >= 0.3 is 12.1 Å². The maximum Gasteiger partial charge on any atom is 0.416 e. The van der Waals surface area contributed by atoms with E-state index < -0.39 is 54.1 Å². The van der Waals surface area contributed by atoms with Crippen LogP contribution in [0.3, 0.4) is 0 Å². The van der Waals surface area contributed by atoms with Crippen LogP contribution >= 0.6 is 0 Å². The first-order valence-electron chi connectivity index (χ1n) is 7.69. The zero-order valence-electron chi connectivity index (χ0n) is 13.7. The molecule has 0 fully saturated rings. The van der Waals surface area contributed by atoms with Crippen molar-refractivity contribution < 1.29 is 36.6 Å². The van der Waals surface area contributed by atoms with E-state index in [0.29, 0.717) is 0 Å². The van der Waals surface area contributed by atoms with Gasteiger partial charge in [-0.3, -0.25) is 4.79 Å². The summed E-state index contributed by atoms with van der Waals surface area (Å²) < 4.78 is 65.1. The van der Waals surface area contributed by atoms with Gasteiger partial charge in [-0.15, -0.1) is 0 Å². The number of halogens is 5. The summed E-state index contributed by atoms with van der Waals surface area (Å²) in [4.78, 5) is 23.3. The second-order valence-electron chi connectivity index (χ2n) is 5.74. The van der Waals surface area contributed by atoms with Gasteiger partial charge in [0.15, 0.2) is 11.6 Å². The third kappa shape index (κ3) is 5.50. The van der Waals surface area contributed by atoms with Gasteiger partial charge in [0.25, 0.3) is 0 Å². The fourth-order valence-electron chi connectivity index (χ4n) is 2.48. The van der Waals surface area contributed by atoms with Crippen LogP contribution in [0.4, 0.5) is 22.0 Å². The average Bonchev–Trinajstić information content (AvgIpc) is 2.57. The summed E-state index contributed by atoms with van der Waals surface area (Å²) in [5.74, 6) is -4.65. The molecule has 4 nitrogen and oxygen atoms in total. The molecule has 1 atom stereocenters. The highest BCUT2D eigenvalue weighted by molar-refractivity contribution is 5.85. The van der Waals surface area contributed by atoms with Crippen LogP contribution in [-0.4, -0.2) is 23.0 Å². The molecule has 27 heavy (non-hydrogen) atoms. The van der Waals surface area contributed by atoms with Gasteiger partial charge in [0.05, 0.1) is 12.0 Å². The van der Waals surface area contributed by atoms with Crippen LogP contribution in [-0.2, 0) is 28.6 Å². The number of aliphatic carboxylic acids is 1. The van der Waals surface area contributed by atoms with Crippen molar-refractivity contribution in [3.05, 3.63) is 70.8 Å². The van der Waals surface area contributed by atoms with Crippen LogP contribution in [0.15, 0.2) is 42.5 Å². The number of amides is 1. The number of carbonyl (C=O) groups excluding carboxylic acids is 1. The summed E-state index contributed by atoms with van der Waals surface area (Å²) >= 11 is 0. The molecule has 0 aliphatic rings. The Morgan fingerprint density at radius 2 is 1.70 bits per heavy atom. The number of nitrogens with one attached hydrogen (secondary N) is 1. The lowest BCUT2D eigenvalue weighted by Crippen LogP contribution is -2.43. The van der Waals surface area contributed by atoms with E-state index in [1.54, 1.807) is 0 Å². The second kappa shape index (κ2) is 8.15.